The van der Waals surface area contributed by atoms with Crippen LogP contribution in [0.2, 0.25) is 10.0 Å². The number of hydrogen-bond acceptors (Lipinski definition) is 6. The highest BCUT2D eigenvalue weighted by molar-refractivity contribution is 7.92. The first kappa shape index (κ1) is 26.9. The van der Waals surface area contributed by atoms with E-state index in [2.05, 4.69) is 5.32 Å². The highest BCUT2D eigenvalue weighted by atomic mass is 35.5. The van der Waals surface area contributed by atoms with Crippen LogP contribution in [-0.2, 0) is 26.2 Å². The molecule has 3 rings (SSSR count). The van der Waals surface area contributed by atoms with E-state index in [1.165, 1.54) is 24.9 Å². The number of anilines is 1. The minimum atomic E-state index is -3.85. The fraction of sp³-hybridized carbons (Fsp3) is 0.391. The van der Waals surface area contributed by atoms with Gasteiger partial charge in [0.25, 0.3) is 0 Å². The molecule has 0 bridgehead atoms. The van der Waals surface area contributed by atoms with E-state index in [0.29, 0.717) is 33.5 Å². The molecule has 2 aromatic rings. The number of amides is 2. The van der Waals surface area contributed by atoms with Crippen molar-refractivity contribution in [2.75, 3.05) is 30.4 Å². The lowest BCUT2D eigenvalue weighted by molar-refractivity contribution is -0.140. The number of likely N-dealkylation sites (N-methyl/N-ethyl adjacent to an activating group) is 1. The summed E-state index contributed by atoms with van der Waals surface area (Å²) in [6.07, 6.45) is 0.317. The molecule has 0 radical (unpaired) electrons. The lowest BCUT2D eigenvalue weighted by atomic mass is 10.1. The summed E-state index contributed by atoms with van der Waals surface area (Å²) in [7, 11) is -2.37. The number of nitrogens with zero attached hydrogens (tertiary/aromatic N) is 2. The SMILES string of the molecule is CCC(C(=O)NC)N(Cc1ccc(Cl)c(Cl)c1)C(=O)CN(c1ccc2c(c1)OCO2)S(=O)(=O)CC. The molecule has 1 aliphatic heterocycles. The Morgan fingerprint density at radius 2 is 1.77 bits per heavy atom. The van der Waals surface area contributed by atoms with Crippen molar-refractivity contribution in [2.24, 2.45) is 0 Å². The molecule has 0 fully saturated rings. The van der Waals surface area contributed by atoms with Crippen LogP contribution in [0.25, 0.3) is 0 Å². The summed E-state index contributed by atoms with van der Waals surface area (Å²) in [4.78, 5) is 27.6. The Bertz CT molecular complexity index is 1210. The van der Waals surface area contributed by atoms with E-state index in [1.807, 2.05) is 0 Å². The fourth-order valence-electron chi connectivity index (χ4n) is 3.68. The third-order valence-electron chi connectivity index (χ3n) is 5.59. The average molecular weight is 544 g/mol. The van der Waals surface area contributed by atoms with Gasteiger partial charge in [0.15, 0.2) is 11.5 Å². The van der Waals surface area contributed by atoms with Crippen LogP contribution < -0.4 is 19.1 Å². The quantitative estimate of drug-likeness (QED) is 0.492. The van der Waals surface area contributed by atoms with E-state index in [0.717, 1.165) is 4.31 Å². The number of halogens is 2. The number of sulfonamides is 1. The van der Waals surface area contributed by atoms with Crippen molar-refractivity contribution in [3.05, 3.63) is 52.0 Å². The Hall–Kier alpha value is -2.69. The Balaban J connectivity index is 1.98. The zero-order valence-corrected chi connectivity index (χ0v) is 21.9. The molecular formula is C23H27Cl2N3O6S. The summed E-state index contributed by atoms with van der Waals surface area (Å²) in [6, 6.07) is 8.74. The molecule has 2 aromatic carbocycles. The van der Waals surface area contributed by atoms with E-state index in [1.54, 1.807) is 37.3 Å². The number of hydrogen-bond donors (Lipinski definition) is 1. The number of fused-ring (bicyclic) bond motifs is 1. The summed E-state index contributed by atoms with van der Waals surface area (Å²) < 4.78 is 37.7. The van der Waals surface area contributed by atoms with Gasteiger partial charge in [-0.15, -0.1) is 0 Å². The van der Waals surface area contributed by atoms with Gasteiger partial charge in [-0.25, -0.2) is 8.42 Å². The highest BCUT2D eigenvalue weighted by Gasteiger charge is 2.32. The molecule has 0 aromatic heterocycles. The lowest BCUT2D eigenvalue weighted by Crippen LogP contribution is -2.52. The van der Waals surface area contributed by atoms with Gasteiger partial charge in [-0.3, -0.25) is 13.9 Å². The molecule has 0 spiro atoms. The largest absolute Gasteiger partial charge is 0.454 e. The monoisotopic (exact) mass is 543 g/mol. The second-order valence-electron chi connectivity index (χ2n) is 7.75. The molecule has 190 valence electrons. The van der Waals surface area contributed by atoms with Crippen LogP contribution in [0.1, 0.15) is 25.8 Å². The van der Waals surface area contributed by atoms with Crippen LogP contribution in [0, 0.1) is 0 Å². The molecule has 12 heteroatoms. The Morgan fingerprint density at radius 3 is 2.40 bits per heavy atom. The van der Waals surface area contributed by atoms with Crippen LogP contribution in [0.4, 0.5) is 5.69 Å². The number of nitrogens with one attached hydrogen (secondary N) is 1. The molecular weight excluding hydrogens is 517 g/mol. The van der Waals surface area contributed by atoms with Crippen LogP contribution in [0.3, 0.4) is 0 Å². The van der Waals surface area contributed by atoms with Gasteiger partial charge < -0.3 is 19.7 Å². The average Bonchev–Trinajstić information content (AvgIpc) is 3.32. The summed E-state index contributed by atoms with van der Waals surface area (Å²) in [6.45, 7) is 2.81. The second-order valence-corrected chi connectivity index (χ2v) is 10.7. The standard InChI is InChI=1S/C23H27Cl2N3O6S/c1-4-19(23(30)26-3)27(12-15-6-8-17(24)18(25)10-15)22(29)13-28(35(31,32)5-2)16-7-9-20-21(11-16)34-14-33-20/h6-11,19H,4-5,12-14H2,1-3H3,(H,26,30). The second kappa shape index (κ2) is 11.4. The Labute approximate surface area is 214 Å². The first-order valence-corrected chi connectivity index (χ1v) is 13.3. The predicted molar refractivity (Wildman–Crippen MR) is 135 cm³/mol. The molecule has 0 saturated carbocycles. The van der Waals surface area contributed by atoms with Gasteiger partial charge in [-0.2, -0.15) is 0 Å². The van der Waals surface area contributed by atoms with Gasteiger partial charge in [0, 0.05) is 19.7 Å². The minimum absolute atomic E-state index is 0.0278. The van der Waals surface area contributed by atoms with Crippen molar-refractivity contribution in [2.45, 2.75) is 32.9 Å². The van der Waals surface area contributed by atoms with Gasteiger partial charge in [0.05, 0.1) is 21.5 Å². The van der Waals surface area contributed by atoms with E-state index in [9.17, 15) is 18.0 Å². The van der Waals surface area contributed by atoms with Crippen molar-refractivity contribution in [1.82, 2.24) is 10.2 Å². The van der Waals surface area contributed by atoms with E-state index in [4.69, 9.17) is 32.7 Å². The van der Waals surface area contributed by atoms with Crippen molar-refractivity contribution >= 4 is 50.7 Å². The van der Waals surface area contributed by atoms with E-state index >= 15 is 0 Å². The molecule has 2 amide bonds. The normalized spacial score (nSPS) is 13.3. The topological polar surface area (TPSA) is 105 Å². The summed E-state index contributed by atoms with van der Waals surface area (Å²) in [5, 5.41) is 3.23. The van der Waals surface area contributed by atoms with E-state index < -0.39 is 28.5 Å². The Kier molecular flexibility index (Phi) is 8.74. The maximum absolute atomic E-state index is 13.6. The van der Waals surface area contributed by atoms with Gasteiger partial charge in [-0.1, -0.05) is 36.2 Å². The molecule has 1 N–H and O–H groups in total. The van der Waals surface area contributed by atoms with Crippen molar-refractivity contribution in [3.8, 4) is 11.5 Å². The first-order valence-electron chi connectivity index (χ1n) is 11.0. The smallest absolute Gasteiger partial charge is 0.244 e. The molecule has 1 aliphatic rings. The third-order valence-corrected chi connectivity index (χ3v) is 8.07. The van der Waals surface area contributed by atoms with Gasteiger partial charge in [0.2, 0.25) is 28.6 Å². The summed E-state index contributed by atoms with van der Waals surface area (Å²) in [5.74, 6) is -0.277. The maximum Gasteiger partial charge on any atom is 0.244 e. The van der Waals surface area contributed by atoms with Crippen LogP contribution in [0.5, 0.6) is 11.5 Å². The van der Waals surface area contributed by atoms with Crippen molar-refractivity contribution < 1.29 is 27.5 Å². The number of ether oxygens (including phenoxy) is 2. The highest BCUT2D eigenvalue weighted by Crippen LogP contribution is 2.36. The molecule has 9 nitrogen and oxygen atoms in total. The summed E-state index contributed by atoms with van der Waals surface area (Å²) >= 11 is 12.2. The van der Waals surface area contributed by atoms with Gasteiger partial charge >= 0.3 is 0 Å². The zero-order chi connectivity index (χ0) is 25.8. The number of carbonyl (C=O) groups is 2. The number of rotatable bonds is 10. The minimum Gasteiger partial charge on any atom is -0.454 e. The number of benzene rings is 2. The van der Waals surface area contributed by atoms with Crippen molar-refractivity contribution in [1.29, 1.82) is 0 Å². The maximum atomic E-state index is 13.6. The van der Waals surface area contributed by atoms with Crippen LogP contribution >= 0.6 is 23.2 Å². The van der Waals surface area contributed by atoms with E-state index in [-0.39, 0.29) is 30.7 Å². The molecule has 0 saturated heterocycles. The summed E-state index contributed by atoms with van der Waals surface area (Å²) in [5.41, 5.74) is 0.898. The molecule has 1 heterocycles. The van der Waals surface area contributed by atoms with Crippen LogP contribution in [0.15, 0.2) is 36.4 Å². The van der Waals surface area contributed by atoms with Crippen molar-refractivity contribution in [3.63, 3.8) is 0 Å². The predicted octanol–water partition coefficient (Wildman–Crippen LogP) is 3.43. The van der Waals surface area contributed by atoms with Crippen LogP contribution in [-0.4, -0.2) is 57.3 Å². The third kappa shape index (κ3) is 6.12. The fourth-order valence-corrected chi connectivity index (χ4v) is 5.06. The van der Waals surface area contributed by atoms with Gasteiger partial charge in [0.1, 0.15) is 12.6 Å². The molecule has 1 unspecified atom stereocenters. The Morgan fingerprint density at radius 1 is 1.06 bits per heavy atom. The molecule has 1 atom stereocenters. The zero-order valence-electron chi connectivity index (χ0n) is 19.6. The molecule has 35 heavy (non-hydrogen) atoms. The number of carbonyl (C=O) groups excluding carboxylic acids is 2. The molecule has 0 aliphatic carbocycles. The van der Waals surface area contributed by atoms with Gasteiger partial charge in [-0.05, 0) is 43.2 Å². The lowest BCUT2D eigenvalue weighted by Gasteiger charge is -2.33. The first-order chi connectivity index (χ1) is 16.6.